The highest BCUT2D eigenvalue weighted by Gasteiger charge is 2.14. The molecule has 7 heteroatoms. The first-order valence-electron chi connectivity index (χ1n) is 9.22. The fraction of sp³-hybridized carbons (Fsp3) is 0.0870. The molecule has 30 heavy (non-hydrogen) atoms. The molecule has 1 amide bonds. The molecule has 0 aliphatic heterocycles. The van der Waals surface area contributed by atoms with Crippen LogP contribution in [-0.2, 0) is 4.79 Å². The number of hydrogen-bond donors (Lipinski definition) is 2. The lowest BCUT2D eigenvalue weighted by molar-refractivity contribution is -0.118. The molecule has 7 nitrogen and oxygen atoms in total. The summed E-state index contributed by atoms with van der Waals surface area (Å²) >= 11 is 0. The molecule has 0 saturated heterocycles. The topological polar surface area (TPSA) is 102 Å². The highest BCUT2D eigenvalue weighted by Crippen LogP contribution is 2.31. The van der Waals surface area contributed by atoms with Gasteiger partial charge in [-0.1, -0.05) is 36.4 Å². The minimum Gasteiger partial charge on any atom is -0.507 e. The van der Waals surface area contributed by atoms with Crippen molar-refractivity contribution in [3.8, 4) is 22.8 Å². The second-order valence-corrected chi connectivity index (χ2v) is 6.66. The molecule has 0 bridgehead atoms. The van der Waals surface area contributed by atoms with Crippen molar-refractivity contribution in [3.05, 3.63) is 82.6 Å². The molecule has 0 aliphatic rings. The minimum atomic E-state index is -0.407. The van der Waals surface area contributed by atoms with E-state index in [0.717, 1.165) is 11.1 Å². The Morgan fingerprint density at radius 3 is 2.70 bits per heavy atom. The summed E-state index contributed by atoms with van der Waals surface area (Å²) in [5, 5.41) is 13.0. The summed E-state index contributed by atoms with van der Waals surface area (Å²) in [6, 6.07) is 16.8. The number of phenols is 1. The Kier molecular flexibility index (Phi) is 5.17. The molecule has 0 atom stereocenters. The first-order chi connectivity index (χ1) is 14.5. The number of carbonyl (C=O) groups excluding carboxylic acids is 1. The number of carbonyl (C=O) groups is 1. The number of anilines is 1. The number of benzene rings is 2. The van der Waals surface area contributed by atoms with E-state index in [9.17, 15) is 14.7 Å². The second kappa shape index (κ2) is 8.08. The van der Waals surface area contributed by atoms with Gasteiger partial charge in [-0.15, -0.1) is 0 Å². The Bertz CT molecular complexity index is 1280. The van der Waals surface area contributed by atoms with Crippen LogP contribution in [0.15, 0.2) is 76.1 Å². The molecule has 2 N–H and O–H groups in total. The average Bonchev–Trinajstić information content (AvgIpc) is 2.74. The Balaban J connectivity index is 1.58. The van der Waals surface area contributed by atoms with Gasteiger partial charge in [0, 0.05) is 30.0 Å². The average molecular weight is 402 g/mol. The van der Waals surface area contributed by atoms with Crippen molar-refractivity contribution in [2.24, 2.45) is 0 Å². The summed E-state index contributed by atoms with van der Waals surface area (Å²) in [6.07, 6.45) is 1.58. The van der Waals surface area contributed by atoms with E-state index in [4.69, 9.17) is 9.15 Å². The first kappa shape index (κ1) is 19.2. The number of amides is 1. The van der Waals surface area contributed by atoms with Gasteiger partial charge in [0.05, 0.1) is 0 Å². The van der Waals surface area contributed by atoms with E-state index in [-0.39, 0.29) is 34.5 Å². The quantitative estimate of drug-likeness (QED) is 0.525. The minimum absolute atomic E-state index is 0.0515. The Morgan fingerprint density at radius 2 is 1.93 bits per heavy atom. The molecule has 2 aromatic heterocycles. The molecule has 2 heterocycles. The Labute approximate surface area is 171 Å². The van der Waals surface area contributed by atoms with E-state index in [1.54, 1.807) is 12.3 Å². The zero-order valence-corrected chi connectivity index (χ0v) is 16.1. The van der Waals surface area contributed by atoms with Crippen LogP contribution in [0.4, 0.5) is 5.82 Å². The van der Waals surface area contributed by atoms with Crippen molar-refractivity contribution < 1.29 is 19.1 Å². The molecule has 0 radical (unpaired) electrons. The molecular formula is C23H18N2O5. The molecule has 0 unspecified atom stereocenters. The molecule has 150 valence electrons. The lowest BCUT2D eigenvalue weighted by Crippen LogP contribution is -2.21. The Hall–Kier alpha value is -4.13. The number of aromatic hydroxyl groups is 1. The molecular weight excluding hydrogens is 384 g/mol. The molecule has 0 aliphatic carbocycles. The fourth-order valence-electron chi connectivity index (χ4n) is 3.01. The predicted octanol–water partition coefficient (Wildman–Crippen LogP) is 3.89. The van der Waals surface area contributed by atoms with Crippen molar-refractivity contribution in [1.29, 1.82) is 0 Å². The number of nitrogens with zero attached hydrogens (tertiary/aromatic N) is 1. The maximum Gasteiger partial charge on any atom is 0.263 e. The van der Waals surface area contributed by atoms with Crippen LogP contribution in [0.5, 0.6) is 11.5 Å². The molecule has 0 spiro atoms. The van der Waals surface area contributed by atoms with Crippen LogP contribution in [0.1, 0.15) is 5.56 Å². The van der Waals surface area contributed by atoms with E-state index in [0.29, 0.717) is 11.6 Å². The van der Waals surface area contributed by atoms with Crippen LogP contribution < -0.4 is 15.5 Å². The van der Waals surface area contributed by atoms with Crippen LogP contribution in [-0.4, -0.2) is 22.6 Å². The molecule has 2 aromatic carbocycles. The molecule has 0 saturated carbocycles. The normalized spacial score (nSPS) is 10.7. The third-order valence-corrected chi connectivity index (χ3v) is 4.48. The van der Waals surface area contributed by atoms with E-state index >= 15 is 0 Å². The van der Waals surface area contributed by atoms with Crippen molar-refractivity contribution in [3.63, 3.8) is 0 Å². The van der Waals surface area contributed by atoms with E-state index in [1.165, 1.54) is 18.2 Å². The SMILES string of the molecule is Cc1cccnc1NC(=O)COc1cc(O)c2c(=O)cc(-c3ccccc3)oc2c1. The van der Waals surface area contributed by atoms with Crippen molar-refractivity contribution in [2.75, 3.05) is 11.9 Å². The monoisotopic (exact) mass is 402 g/mol. The van der Waals surface area contributed by atoms with Crippen LogP contribution in [0.3, 0.4) is 0 Å². The van der Waals surface area contributed by atoms with Crippen molar-refractivity contribution >= 4 is 22.7 Å². The number of fused-ring (bicyclic) bond motifs is 1. The maximum atomic E-state index is 12.5. The van der Waals surface area contributed by atoms with Crippen LogP contribution in [0, 0.1) is 6.92 Å². The highest BCUT2D eigenvalue weighted by molar-refractivity contribution is 5.92. The molecule has 4 rings (SSSR count). The third kappa shape index (κ3) is 4.00. The zero-order valence-electron chi connectivity index (χ0n) is 16.1. The van der Waals surface area contributed by atoms with Gasteiger partial charge in [0.15, 0.2) is 12.0 Å². The lowest BCUT2D eigenvalue weighted by Gasteiger charge is -2.10. The van der Waals surface area contributed by atoms with Gasteiger partial charge in [-0.3, -0.25) is 9.59 Å². The second-order valence-electron chi connectivity index (χ2n) is 6.66. The zero-order chi connectivity index (χ0) is 21.1. The number of hydrogen-bond acceptors (Lipinski definition) is 6. The van der Waals surface area contributed by atoms with Gasteiger partial charge in [0.1, 0.15) is 34.0 Å². The third-order valence-electron chi connectivity index (χ3n) is 4.48. The fourth-order valence-corrected chi connectivity index (χ4v) is 3.01. The first-order valence-corrected chi connectivity index (χ1v) is 9.22. The maximum absolute atomic E-state index is 12.5. The van der Waals surface area contributed by atoms with Gasteiger partial charge in [0.25, 0.3) is 5.91 Å². The summed E-state index contributed by atoms with van der Waals surface area (Å²) in [7, 11) is 0. The standard InChI is InChI=1S/C23H18N2O5/c1-14-6-5-9-24-23(14)25-21(28)13-29-16-10-17(26)22-18(27)12-19(30-20(22)11-16)15-7-3-2-4-8-15/h2-12,26H,13H2,1H3,(H,24,25,28). The summed E-state index contributed by atoms with van der Waals surface area (Å²) in [4.78, 5) is 28.7. The summed E-state index contributed by atoms with van der Waals surface area (Å²) in [5.74, 6) is 0.327. The van der Waals surface area contributed by atoms with Crippen LogP contribution in [0.25, 0.3) is 22.3 Å². The number of ether oxygens (including phenoxy) is 1. The van der Waals surface area contributed by atoms with Gasteiger partial charge in [-0.05, 0) is 18.6 Å². The van der Waals surface area contributed by atoms with Crippen LogP contribution >= 0.6 is 0 Å². The van der Waals surface area contributed by atoms with Crippen molar-refractivity contribution in [2.45, 2.75) is 6.92 Å². The van der Waals surface area contributed by atoms with Crippen molar-refractivity contribution in [1.82, 2.24) is 4.98 Å². The number of nitrogens with one attached hydrogen (secondary N) is 1. The van der Waals surface area contributed by atoms with E-state index in [2.05, 4.69) is 10.3 Å². The summed E-state index contributed by atoms with van der Waals surface area (Å²) in [6.45, 7) is 1.53. The van der Waals surface area contributed by atoms with Gasteiger partial charge < -0.3 is 19.6 Å². The van der Waals surface area contributed by atoms with E-state index in [1.807, 2.05) is 43.3 Å². The number of rotatable bonds is 5. The van der Waals surface area contributed by atoms with Gasteiger partial charge in [0.2, 0.25) is 0 Å². The number of pyridine rings is 1. The summed E-state index contributed by atoms with van der Waals surface area (Å²) < 4.78 is 11.3. The molecule has 0 fully saturated rings. The van der Waals surface area contributed by atoms with E-state index < -0.39 is 5.91 Å². The van der Waals surface area contributed by atoms with Crippen LogP contribution in [0.2, 0.25) is 0 Å². The number of aromatic nitrogens is 1. The smallest absolute Gasteiger partial charge is 0.263 e. The van der Waals surface area contributed by atoms with Gasteiger partial charge >= 0.3 is 0 Å². The number of aryl methyl sites for hydroxylation is 1. The number of phenolic OH excluding ortho intramolecular Hbond substituents is 1. The lowest BCUT2D eigenvalue weighted by atomic mass is 10.1. The largest absolute Gasteiger partial charge is 0.507 e. The molecule has 4 aromatic rings. The highest BCUT2D eigenvalue weighted by atomic mass is 16.5. The Morgan fingerprint density at radius 1 is 1.13 bits per heavy atom. The van der Waals surface area contributed by atoms with Gasteiger partial charge in [-0.2, -0.15) is 0 Å². The summed E-state index contributed by atoms with van der Waals surface area (Å²) in [5.41, 5.74) is 1.34. The van der Waals surface area contributed by atoms with Gasteiger partial charge in [-0.25, -0.2) is 4.98 Å². The predicted molar refractivity (Wildman–Crippen MR) is 113 cm³/mol.